The number of esters is 1. The third-order valence-corrected chi connectivity index (χ3v) is 4.82. The zero-order valence-corrected chi connectivity index (χ0v) is 11.5. The summed E-state index contributed by atoms with van der Waals surface area (Å²) in [5.74, 6) is -1.02. The largest absolute Gasteiger partial charge is 0.461 e. The number of carbonyl (C=O) groups excluding carboxylic acids is 1. The first-order valence-corrected chi connectivity index (χ1v) is 6.66. The Morgan fingerprint density at radius 2 is 2.26 bits per heavy atom. The maximum absolute atomic E-state index is 11.8. The van der Waals surface area contributed by atoms with E-state index in [0.717, 1.165) is 0 Å². The third kappa shape index (κ3) is 2.03. The molecule has 2 N–H and O–H groups in total. The molecule has 1 heterocycles. The van der Waals surface area contributed by atoms with Crippen molar-refractivity contribution in [2.24, 2.45) is 23.2 Å². The van der Waals surface area contributed by atoms with Gasteiger partial charge in [-0.2, -0.15) is 0 Å². The van der Waals surface area contributed by atoms with E-state index in [4.69, 9.17) is 4.74 Å². The quantitative estimate of drug-likeness (QED) is 0.596. The minimum Gasteiger partial charge on any atom is -0.461 e. The first-order valence-electron chi connectivity index (χ1n) is 6.66. The van der Waals surface area contributed by atoms with Gasteiger partial charge in [-0.15, -0.1) is 6.58 Å². The summed E-state index contributed by atoms with van der Waals surface area (Å²) in [6.07, 6.45) is 1.25. The fourth-order valence-corrected chi connectivity index (χ4v) is 3.70. The molecule has 2 aliphatic rings. The molecular formula is C15H22O4. The van der Waals surface area contributed by atoms with Gasteiger partial charge in [0.1, 0.15) is 6.10 Å². The van der Waals surface area contributed by atoms with Crippen LogP contribution in [0.1, 0.15) is 20.3 Å². The fraction of sp³-hybridized carbons (Fsp3) is 0.667. The Hall–Kier alpha value is -1.13. The zero-order valence-electron chi connectivity index (χ0n) is 11.5. The molecule has 0 aromatic rings. The summed E-state index contributed by atoms with van der Waals surface area (Å²) < 4.78 is 5.46. The highest BCUT2D eigenvalue weighted by atomic mass is 16.6. The maximum atomic E-state index is 11.8. The van der Waals surface area contributed by atoms with Gasteiger partial charge in [0.05, 0.1) is 18.6 Å². The molecule has 0 unspecified atom stereocenters. The van der Waals surface area contributed by atoms with Crippen molar-refractivity contribution < 1.29 is 19.7 Å². The van der Waals surface area contributed by atoms with E-state index in [-0.39, 0.29) is 30.3 Å². The highest BCUT2D eigenvalue weighted by molar-refractivity contribution is 5.75. The molecule has 4 heteroatoms. The molecular weight excluding hydrogens is 244 g/mol. The molecule has 0 bridgehead atoms. The molecule has 2 rings (SSSR count). The van der Waals surface area contributed by atoms with Gasteiger partial charge < -0.3 is 14.9 Å². The van der Waals surface area contributed by atoms with Gasteiger partial charge in [-0.3, -0.25) is 4.79 Å². The van der Waals surface area contributed by atoms with Crippen LogP contribution in [0, 0.1) is 23.2 Å². The van der Waals surface area contributed by atoms with Crippen LogP contribution in [0.5, 0.6) is 0 Å². The van der Waals surface area contributed by atoms with Gasteiger partial charge in [-0.1, -0.05) is 26.5 Å². The second-order valence-corrected chi connectivity index (χ2v) is 6.04. The lowest BCUT2D eigenvalue weighted by molar-refractivity contribution is -0.148. The van der Waals surface area contributed by atoms with E-state index in [1.807, 2.05) is 6.92 Å². The zero-order chi connectivity index (χ0) is 14.4. The van der Waals surface area contributed by atoms with Crippen LogP contribution in [-0.4, -0.2) is 35.0 Å². The molecule has 0 spiro atoms. The Morgan fingerprint density at radius 1 is 1.63 bits per heavy atom. The Morgan fingerprint density at radius 3 is 2.79 bits per heavy atom. The molecule has 0 aromatic heterocycles. The van der Waals surface area contributed by atoms with Crippen molar-refractivity contribution in [1.29, 1.82) is 0 Å². The van der Waals surface area contributed by atoms with Crippen LogP contribution in [0.2, 0.25) is 0 Å². The summed E-state index contributed by atoms with van der Waals surface area (Å²) in [4.78, 5) is 11.8. The number of hydrogen-bond acceptors (Lipinski definition) is 4. The number of carbonyl (C=O) groups is 1. The van der Waals surface area contributed by atoms with Crippen LogP contribution in [0.25, 0.3) is 0 Å². The van der Waals surface area contributed by atoms with Crippen LogP contribution < -0.4 is 0 Å². The van der Waals surface area contributed by atoms with Crippen molar-refractivity contribution in [1.82, 2.24) is 0 Å². The third-order valence-electron chi connectivity index (χ3n) is 4.82. The highest BCUT2D eigenvalue weighted by Gasteiger charge is 2.58. The molecule has 106 valence electrons. The predicted octanol–water partition coefficient (Wildman–Crippen LogP) is 1.29. The summed E-state index contributed by atoms with van der Waals surface area (Å²) in [6.45, 7) is 11.3. The van der Waals surface area contributed by atoms with Gasteiger partial charge in [0.15, 0.2) is 0 Å². The van der Waals surface area contributed by atoms with Gasteiger partial charge in [-0.25, -0.2) is 0 Å². The van der Waals surface area contributed by atoms with Gasteiger partial charge in [-0.05, 0) is 17.4 Å². The lowest BCUT2D eigenvalue weighted by Gasteiger charge is -2.48. The van der Waals surface area contributed by atoms with E-state index in [2.05, 4.69) is 13.2 Å². The second kappa shape index (κ2) is 4.76. The number of hydrogen-bond donors (Lipinski definition) is 2. The SMILES string of the molecule is C=C[C@]1(C)C[C@H](O)[C@@H]2[C@@H](OC(=O)[C@H]2C)[C@H]1C(=C)CO. The van der Waals surface area contributed by atoms with Crippen molar-refractivity contribution in [2.75, 3.05) is 6.61 Å². The molecule has 6 atom stereocenters. The number of ether oxygens (including phenoxy) is 1. The second-order valence-electron chi connectivity index (χ2n) is 6.04. The highest BCUT2D eigenvalue weighted by Crippen LogP contribution is 2.52. The topological polar surface area (TPSA) is 66.8 Å². The molecule has 0 radical (unpaired) electrons. The van der Waals surface area contributed by atoms with E-state index in [0.29, 0.717) is 12.0 Å². The van der Waals surface area contributed by atoms with Crippen molar-refractivity contribution in [3.63, 3.8) is 0 Å². The van der Waals surface area contributed by atoms with Gasteiger partial charge in [0.25, 0.3) is 0 Å². The Labute approximate surface area is 113 Å². The number of aliphatic hydroxyl groups is 2. The van der Waals surface area contributed by atoms with Gasteiger partial charge in [0.2, 0.25) is 0 Å². The summed E-state index contributed by atoms with van der Waals surface area (Å²) in [5.41, 5.74) is 0.205. The summed E-state index contributed by atoms with van der Waals surface area (Å²) in [6, 6.07) is 0. The molecule has 1 saturated carbocycles. The lowest BCUT2D eigenvalue weighted by atomic mass is 9.58. The predicted molar refractivity (Wildman–Crippen MR) is 71.2 cm³/mol. The smallest absolute Gasteiger partial charge is 0.309 e. The van der Waals surface area contributed by atoms with Crippen molar-refractivity contribution in [3.05, 3.63) is 24.8 Å². The fourth-order valence-electron chi connectivity index (χ4n) is 3.70. The molecule has 1 aliphatic carbocycles. The average Bonchev–Trinajstić information content (AvgIpc) is 2.65. The number of aliphatic hydroxyl groups excluding tert-OH is 2. The molecule has 0 amide bonds. The van der Waals surface area contributed by atoms with Gasteiger partial charge >= 0.3 is 5.97 Å². The van der Waals surface area contributed by atoms with E-state index >= 15 is 0 Å². The van der Waals surface area contributed by atoms with Crippen LogP contribution in [-0.2, 0) is 9.53 Å². The molecule has 0 aromatic carbocycles. The first kappa shape index (κ1) is 14.3. The Kier molecular flexibility index (Phi) is 3.58. The molecule has 1 aliphatic heterocycles. The van der Waals surface area contributed by atoms with E-state index in [9.17, 15) is 15.0 Å². The minimum absolute atomic E-state index is 0.153. The summed E-state index contributed by atoms with van der Waals surface area (Å²) in [7, 11) is 0. The lowest BCUT2D eigenvalue weighted by Crippen LogP contribution is -2.51. The van der Waals surface area contributed by atoms with E-state index < -0.39 is 17.6 Å². The minimum atomic E-state index is -0.600. The number of rotatable bonds is 3. The monoisotopic (exact) mass is 266 g/mol. The van der Waals surface area contributed by atoms with Crippen molar-refractivity contribution >= 4 is 5.97 Å². The Balaban J connectivity index is 2.43. The summed E-state index contributed by atoms with van der Waals surface area (Å²) >= 11 is 0. The molecule has 4 nitrogen and oxygen atoms in total. The van der Waals surface area contributed by atoms with E-state index in [1.54, 1.807) is 13.0 Å². The van der Waals surface area contributed by atoms with Gasteiger partial charge in [0, 0.05) is 11.8 Å². The van der Waals surface area contributed by atoms with Crippen molar-refractivity contribution in [2.45, 2.75) is 32.5 Å². The standard InChI is InChI=1S/C15H22O4/c1-5-15(4)6-10(17)11-9(3)14(18)19-13(11)12(15)8(2)7-16/h5,9-13,16-17H,1-2,6-7H2,3-4H3/t9-,10-,11+,12+,13+,15+/m0/s1. The van der Waals surface area contributed by atoms with Crippen molar-refractivity contribution in [3.8, 4) is 0 Å². The molecule has 1 saturated heterocycles. The summed E-state index contributed by atoms with van der Waals surface area (Å²) in [5, 5.41) is 19.7. The van der Waals surface area contributed by atoms with E-state index in [1.165, 1.54) is 0 Å². The average molecular weight is 266 g/mol. The number of fused-ring (bicyclic) bond motifs is 1. The maximum Gasteiger partial charge on any atom is 0.309 e. The normalized spacial score (nSPS) is 45.5. The Bertz CT molecular complexity index is 416. The van der Waals surface area contributed by atoms with Crippen LogP contribution in [0.4, 0.5) is 0 Å². The molecule has 2 fully saturated rings. The van der Waals surface area contributed by atoms with Crippen LogP contribution >= 0.6 is 0 Å². The molecule has 19 heavy (non-hydrogen) atoms. The van der Waals surface area contributed by atoms with Crippen LogP contribution in [0.3, 0.4) is 0 Å². The number of allylic oxidation sites excluding steroid dienone is 1. The van der Waals surface area contributed by atoms with Crippen LogP contribution in [0.15, 0.2) is 24.8 Å². The first-order chi connectivity index (χ1) is 8.85.